The highest BCUT2D eigenvalue weighted by molar-refractivity contribution is 5.93. The predicted octanol–water partition coefficient (Wildman–Crippen LogP) is 2.21. The number of methoxy groups -OCH3 is 1. The zero-order chi connectivity index (χ0) is 18.4. The Hall–Kier alpha value is -2.77. The lowest BCUT2D eigenvalue weighted by molar-refractivity contribution is 0.311. The van der Waals surface area contributed by atoms with Crippen molar-refractivity contribution in [2.24, 2.45) is 4.99 Å². The summed E-state index contributed by atoms with van der Waals surface area (Å²) in [6, 6.07) is 5.72. The van der Waals surface area contributed by atoms with E-state index in [1.54, 1.807) is 7.11 Å². The van der Waals surface area contributed by atoms with Crippen LogP contribution in [0.25, 0.3) is 0 Å². The maximum atomic E-state index is 5.56. The molecule has 0 unspecified atom stereocenters. The molecule has 0 saturated carbocycles. The number of hydrogen-bond donors (Lipinski definition) is 2. The van der Waals surface area contributed by atoms with Crippen molar-refractivity contribution in [3.8, 4) is 11.5 Å². The van der Waals surface area contributed by atoms with Gasteiger partial charge in [-0.3, -0.25) is 0 Å². The average molecular weight is 358 g/mol. The van der Waals surface area contributed by atoms with Gasteiger partial charge in [-0.2, -0.15) is 0 Å². The number of aromatic nitrogens is 3. The Balaban J connectivity index is 1.73. The minimum atomic E-state index is 0.483. The number of nitrogens with zero attached hydrogens (tertiary/aromatic N) is 4. The van der Waals surface area contributed by atoms with Gasteiger partial charge >= 0.3 is 0 Å². The second-order valence-electron chi connectivity index (χ2n) is 5.91. The molecular weight excluding hydrogens is 332 g/mol. The molecule has 0 saturated heterocycles. The van der Waals surface area contributed by atoms with E-state index in [-0.39, 0.29) is 0 Å². The van der Waals surface area contributed by atoms with Crippen LogP contribution in [-0.4, -0.2) is 41.0 Å². The molecule has 8 heteroatoms. The Morgan fingerprint density at radius 2 is 2.15 bits per heavy atom. The van der Waals surface area contributed by atoms with Crippen molar-refractivity contribution >= 4 is 11.6 Å². The molecule has 1 aromatic heterocycles. The molecule has 1 aliphatic rings. The number of nitrogens with one attached hydrogen (secondary N) is 2. The highest BCUT2D eigenvalue weighted by Crippen LogP contribution is 2.30. The summed E-state index contributed by atoms with van der Waals surface area (Å²) in [6.07, 6.45) is 2.13. The third kappa shape index (κ3) is 4.07. The number of benzene rings is 1. The Bertz CT molecular complexity index is 771. The molecule has 0 fully saturated rings. The van der Waals surface area contributed by atoms with E-state index in [1.165, 1.54) is 0 Å². The van der Waals surface area contributed by atoms with Crippen LogP contribution in [-0.2, 0) is 19.5 Å². The van der Waals surface area contributed by atoms with Gasteiger partial charge < -0.3 is 24.7 Å². The van der Waals surface area contributed by atoms with Crippen molar-refractivity contribution in [2.75, 3.05) is 25.6 Å². The molecule has 0 aliphatic carbocycles. The van der Waals surface area contributed by atoms with E-state index in [0.29, 0.717) is 24.9 Å². The molecule has 3 rings (SSSR count). The van der Waals surface area contributed by atoms with Crippen LogP contribution in [0.4, 0.5) is 5.69 Å². The maximum Gasteiger partial charge on any atom is 0.196 e. The lowest BCUT2D eigenvalue weighted by Gasteiger charge is -2.14. The van der Waals surface area contributed by atoms with Gasteiger partial charge in [0.2, 0.25) is 0 Å². The van der Waals surface area contributed by atoms with E-state index >= 15 is 0 Å². The molecule has 0 spiro atoms. The van der Waals surface area contributed by atoms with Gasteiger partial charge in [0.25, 0.3) is 0 Å². The first-order valence-corrected chi connectivity index (χ1v) is 9.02. The van der Waals surface area contributed by atoms with E-state index in [9.17, 15) is 0 Å². The lowest BCUT2D eigenvalue weighted by atomic mass is 10.2. The number of anilines is 1. The van der Waals surface area contributed by atoms with Crippen LogP contribution in [0.3, 0.4) is 0 Å². The average Bonchev–Trinajstić information content (AvgIpc) is 3.25. The molecule has 2 aromatic rings. The highest BCUT2D eigenvalue weighted by Gasteiger charge is 2.16. The number of ether oxygens (including phenoxy) is 2. The van der Waals surface area contributed by atoms with Crippen LogP contribution in [0.1, 0.15) is 31.9 Å². The molecule has 2 N–H and O–H groups in total. The summed E-state index contributed by atoms with van der Waals surface area (Å²) in [6.45, 7) is 6.80. The van der Waals surface area contributed by atoms with Crippen molar-refractivity contribution < 1.29 is 9.47 Å². The molecule has 26 heavy (non-hydrogen) atoms. The van der Waals surface area contributed by atoms with Gasteiger partial charge in [0.05, 0.1) is 13.7 Å². The normalized spacial score (nSPS) is 13.4. The number of hydrogen-bond acceptors (Lipinski definition) is 5. The second kappa shape index (κ2) is 8.55. The number of rotatable bonds is 7. The fourth-order valence-corrected chi connectivity index (χ4v) is 2.94. The Kier molecular flexibility index (Phi) is 5.93. The summed E-state index contributed by atoms with van der Waals surface area (Å²) in [7, 11) is 1.63. The molecule has 8 nitrogen and oxygen atoms in total. The molecule has 1 aromatic carbocycles. The third-order valence-electron chi connectivity index (χ3n) is 4.14. The summed E-state index contributed by atoms with van der Waals surface area (Å²) in [5.74, 6) is 4.06. The first kappa shape index (κ1) is 18.0. The number of aryl methyl sites for hydroxylation is 1. The van der Waals surface area contributed by atoms with Crippen molar-refractivity contribution in [3.05, 3.63) is 29.8 Å². The Morgan fingerprint density at radius 1 is 1.27 bits per heavy atom. The van der Waals surface area contributed by atoms with Gasteiger partial charge in [-0.1, -0.05) is 0 Å². The summed E-state index contributed by atoms with van der Waals surface area (Å²) >= 11 is 0. The fourth-order valence-electron chi connectivity index (χ4n) is 2.94. The van der Waals surface area contributed by atoms with Crippen LogP contribution in [0.15, 0.2) is 23.2 Å². The van der Waals surface area contributed by atoms with Crippen molar-refractivity contribution in [2.45, 2.75) is 39.8 Å². The SMILES string of the molecule is CCNC(=NCc1nnc2n1CCC2)Nc1ccc(OCC)c(OC)c1. The van der Waals surface area contributed by atoms with Crippen LogP contribution in [0.5, 0.6) is 11.5 Å². The van der Waals surface area contributed by atoms with Crippen molar-refractivity contribution in [3.63, 3.8) is 0 Å². The highest BCUT2D eigenvalue weighted by atomic mass is 16.5. The van der Waals surface area contributed by atoms with Crippen LogP contribution >= 0.6 is 0 Å². The molecule has 140 valence electrons. The standard InChI is InChI=1S/C18H26N6O2/c1-4-19-18(20-12-17-23-22-16-7-6-10-24(16)17)21-13-8-9-14(26-5-2)15(11-13)25-3/h8-9,11H,4-7,10,12H2,1-3H3,(H2,19,20,21). The van der Waals surface area contributed by atoms with E-state index in [1.807, 2.05) is 32.0 Å². The van der Waals surface area contributed by atoms with Gasteiger partial charge in [-0.15, -0.1) is 10.2 Å². The van der Waals surface area contributed by atoms with Crippen LogP contribution in [0.2, 0.25) is 0 Å². The molecule has 0 amide bonds. The number of fused-ring (bicyclic) bond motifs is 1. The Morgan fingerprint density at radius 3 is 2.92 bits per heavy atom. The predicted molar refractivity (Wildman–Crippen MR) is 101 cm³/mol. The fraction of sp³-hybridized carbons (Fsp3) is 0.500. The molecule has 2 heterocycles. The molecule has 0 radical (unpaired) electrons. The van der Waals surface area contributed by atoms with Gasteiger partial charge in [-0.05, 0) is 32.4 Å². The first-order chi connectivity index (χ1) is 12.7. The largest absolute Gasteiger partial charge is 0.493 e. The smallest absolute Gasteiger partial charge is 0.196 e. The van der Waals surface area contributed by atoms with Crippen LogP contribution < -0.4 is 20.1 Å². The molecule has 0 atom stereocenters. The quantitative estimate of drug-likeness (QED) is 0.583. The molecule has 1 aliphatic heterocycles. The topological polar surface area (TPSA) is 85.6 Å². The van der Waals surface area contributed by atoms with E-state index < -0.39 is 0 Å². The lowest BCUT2D eigenvalue weighted by Crippen LogP contribution is -2.30. The number of guanidine groups is 1. The maximum absolute atomic E-state index is 5.56. The zero-order valence-electron chi connectivity index (χ0n) is 15.6. The summed E-state index contributed by atoms with van der Waals surface area (Å²) in [5, 5.41) is 15.0. The van der Waals surface area contributed by atoms with E-state index in [4.69, 9.17) is 9.47 Å². The zero-order valence-corrected chi connectivity index (χ0v) is 15.6. The van der Waals surface area contributed by atoms with Crippen LogP contribution in [0, 0.1) is 0 Å². The van der Waals surface area contributed by atoms with Gasteiger partial charge in [-0.25, -0.2) is 4.99 Å². The van der Waals surface area contributed by atoms with E-state index in [2.05, 4.69) is 30.4 Å². The van der Waals surface area contributed by atoms with Crippen molar-refractivity contribution in [1.29, 1.82) is 0 Å². The van der Waals surface area contributed by atoms with Gasteiger partial charge in [0.1, 0.15) is 12.4 Å². The monoisotopic (exact) mass is 358 g/mol. The Labute approximate surface area is 153 Å². The first-order valence-electron chi connectivity index (χ1n) is 9.02. The van der Waals surface area contributed by atoms with Crippen molar-refractivity contribution in [1.82, 2.24) is 20.1 Å². The van der Waals surface area contributed by atoms with Gasteiger partial charge in [0, 0.05) is 31.3 Å². The molecule has 0 bridgehead atoms. The minimum Gasteiger partial charge on any atom is -0.493 e. The summed E-state index contributed by atoms with van der Waals surface area (Å²) in [5.41, 5.74) is 0.872. The van der Waals surface area contributed by atoms with E-state index in [0.717, 1.165) is 49.0 Å². The number of aliphatic imine (C=N–C) groups is 1. The van der Waals surface area contributed by atoms with Gasteiger partial charge in [0.15, 0.2) is 23.3 Å². The molecular formula is C18H26N6O2. The summed E-state index contributed by atoms with van der Waals surface area (Å²) < 4.78 is 13.1. The third-order valence-corrected chi connectivity index (χ3v) is 4.14. The summed E-state index contributed by atoms with van der Waals surface area (Å²) in [4.78, 5) is 4.64. The second-order valence-corrected chi connectivity index (χ2v) is 5.91. The minimum absolute atomic E-state index is 0.483.